The first-order valence-electron chi connectivity index (χ1n) is 20.0. The third kappa shape index (κ3) is 4.65. The van der Waals surface area contributed by atoms with Gasteiger partial charge in [0.1, 0.15) is 0 Å². The second-order valence-electron chi connectivity index (χ2n) is 15.6. The molecular formula is C55H38N2. The SMILES string of the molecule is C1=CCNC(C2C=C(c3ccc(-c4ccc(-c5ccc6c(c5)C5(c7ccccc7-c7ccccc75)c5ccccc5-6)c5ccccc45)cc3)c3ccccc3N2)=C1. The van der Waals surface area contributed by atoms with E-state index in [2.05, 4.69) is 211 Å². The van der Waals surface area contributed by atoms with Gasteiger partial charge in [-0.15, -0.1) is 0 Å². The molecule has 0 amide bonds. The maximum atomic E-state index is 3.74. The minimum Gasteiger partial charge on any atom is -0.383 e. The molecule has 0 radical (unpaired) electrons. The molecule has 57 heavy (non-hydrogen) atoms. The monoisotopic (exact) mass is 726 g/mol. The largest absolute Gasteiger partial charge is 0.383 e. The molecule has 2 aliphatic heterocycles. The fourth-order valence-corrected chi connectivity index (χ4v) is 10.3. The maximum absolute atomic E-state index is 3.74. The first-order chi connectivity index (χ1) is 28.3. The van der Waals surface area contributed by atoms with E-state index in [1.807, 2.05) is 0 Å². The van der Waals surface area contributed by atoms with Crippen LogP contribution in [0.25, 0.3) is 60.9 Å². The summed E-state index contributed by atoms with van der Waals surface area (Å²) in [5.41, 5.74) is 21.4. The summed E-state index contributed by atoms with van der Waals surface area (Å²) in [7, 11) is 0. The van der Waals surface area contributed by atoms with E-state index >= 15 is 0 Å². The molecule has 0 fully saturated rings. The van der Waals surface area contributed by atoms with Crippen LogP contribution < -0.4 is 10.6 Å². The lowest BCUT2D eigenvalue weighted by atomic mass is 9.70. The Balaban J connectivity index is 0.969. The topological polar surface area (TPSA) is 24.1 Å². The van der Waals surface area contributed by atoms with Crippen LogP contribution in [0.4, 0.5) is 5.69 Å². The zero-order chi connectivity index (χ0) is 37.5. The van der Waals surface area contributed by atoms with Crippen molar-refractivity contribution in [3.63, 3.8) is 0 Å². The van der Waals surface area contributed by atoms with E-state index < -0.39 is 0 Å². The zero-order valence-electron chi connectivity index (χ0n) is 31.3. The number of allylic oxidation sites excluding steroid dienone is 2. The summed E-state index contributed by atoms with van der Waals surface area (Å²) in [6.07, 6.45) is 8.82. The molecule has 1 unspecified atom stereocenters. The predicted molar refractivity (Wildman–Crippen MR) is 237 cm³/mol. The van der Waals surface area contributed by atoms with Gasteiger partial charge in [-0.2, -0.15) is 0 Å². The van der Waals surface area contributed by atoms with Gasteiger partial charge in [0.2, 0.25) is 0 Å². The van der Waals surface area contributed by atoms with Crippen LogP contribution in [0, 0.1) is 0 Å². The minimum absolute atomic E-state index is 0.0810. The van der Waals surface area contributed by atoms with E-state index in [0.717, 1.165) is 12.2 Å². The Morgan fingerprint density at radius 1 is 0.439 bits per heavy atom. The van der Waals surface area contributed by atoms with Gasteiger partial charge in [-0.3, -0.25) is 0 Å². The Hall–Kier alpha value is -7.16. The van der Waals surface area contributed by atoms with Crippen molar-refractivity contribution in [3.05, 3.63) is 239 Å². The maximum Gasteiger partial charge on any atom is 0.0853 e. The molecule has 0 saturated carbocycles. The molecule has 8 aromatic carbocycles. The number of benzene rings is 8. The van der Waals surface area contributed by atoms with Crippen molar-refractivity contribution < 1.29 is 0 Å². The second-order valence-corrected chi connectivity index (χ2v) is 15.6. The summed E-state index contributed by atoms with van der Waals surface area (Å²) in [5.74, 6) is 0. The van der Waals surface area contributed by atoms with Crippen LogP contribution >= 0.6 is 0 Å². The Morgan fingerprint density at radius 3 is 1.58 bits per heavy atom. The van der Waals surface area contributed by atoms with Crippen LogP contribution in [0.1, 0.15) is 33.4 Å². The lowest BCUT2D eigenvalue weighted by Gasteiger charge is -2.30. The van der Waals surface area contributed by atoms with Crippen LogP contribution in [0.2, 0.25) is 0 Å². The number of dihydropyridines is 1. The second kappa shape index (κ2) is 12.4. The van der Waals surface area contributed by atoms with E-state index in [0.29, 0.717) is 0 Å². The minimum atomic E-state index is -0.363. The summed E-state index contributed by atoms with van der Waals surface area (Å²) in [5, 5.41) is 9.82. The Bertz CT molecular complexity index is 2990. The molecule has 2 aliphatic carbocycles. The fraction of sp³-hybridized carbons (Fsp3) is 0.0545. The number of nitrogens with one attached hydrogen (secondary N) is 2. The number of hydrogen-bond acceptors (Lipinski definition) is 2. The van der Waals surface area contributed by atoms with Gasteiger partial charge in [-0.25, -0.2) is 0 Å². The third-order valence-corrected chi connectivity index (χ3v) is 12.8. The fourth-order valence-electron chi connectivity index (χ4n) is 10.3. The molecule has 8 aromatic rings. The molecule has 4 aliphatic rings. The van der Waals surface area contributed by atoms with Crippen molar-refractivity contribution in [1.82, 2.24) is 5.32 Å². The van der Waals surface area contributed by atoms with Crippen LogP contribution in [-0.2, 0) is 5.41 Å². The molecule has 2 nitrogen and oxygen atoms in total. The van der Waals surface area contributed by atoms with Gasteiger partial charge in [0.05, 0.1) is 11.5 Å². The summed E-state index contributed by atoms with van der Waals surface area (Å²) in [6, 6.07) is 65.8. The van der Waals surface area contributed by atoms with Crippen molar-refractivity contribution in [2.24, 2.45) is 0 Å². The zero-order valence-corrected chi connectivity index (χ0v) is 31.3. The van der Waals surface area contributed by atoms with Gasteiger partial charge < -0.3 is 10.6 Å². The van der Waals surface area contributed by atoms with Crippen LogP contribution in [0.3, 0.4) is 0 Å². The smallest absolute Gasteiger partial charge is 0.0853 e. The lowest BCUT2D eigenvalue weighted by molar-refractivity contribution is 0.794. The molecule has 2 heteroatoms. The Labute approximate surface area is 333 Å². The highest BCUT2D eigenvalue weighted by Gasteiger charge is 2.51. The predicted octanol–water partition coefficient (Wildman–Crippen LogP) is 12.8. The molecule has 268 valence electrons. The van der Waals surface area contributed by atoms with E-state index in [1.54, 1.807) is 0 Å². The third-order valence-electron chi connectivity index (χ3n) is 12.8. The summed E-state index contributed by atoms with van der Waals surface area (Å²) < 4.78 is 0. The van der Waals surface area contributed by atoms with Gasteiger partial charge in [0.15, 0.2) is 0 Å². The molecule has 1 atom stereocenters. The number of anilines is 1. The molecule has 0 bridgehead atoms. The number of para-hydroxylation sites is 1. The Kier molecular flexibility index (Phi) is 7.00. The molecule has 2 heterocycles. The van der Waals surface area contributed by atoms with Crippen LogP contribution in [0.15, 0.2) is 206 Å². The quantitative estimate of drug-likeness (QED) is 0.189. The average Bonchev–Trinajstić information content (AvgIpc) is 3.76. The van der Waals surface area contributed by atoms with Crippen LogP contribution in [-0.4, -0.2) is 12.6 Å². The Morgan fingerprint density at radius 2 is 0.947 bits per heavy atom. The van der Waals surface area contributed by atoms with Crippen molar-refractivity contribution in [3.8, 4) is 44.5 Å². The van der Waals surface area contributed by atoms with E-state index in [9.17, 15) is 0 Å². The molecule has 0 aromatic heterocycles. The van der Waals surface area contributed by atoms with Gasteiger partial charge in [-0.05, 0) is 113 Å². The van der Waals surface area contributed by atoms with Gasteiger partial charge in [0, 0.05) is 23.5 Å². The number of fused-ring (bicyclic) bond motifs is 12. The van der Waals surface area contributed by atoms with E-state index in [1.165, 1.54) is 99.9 Å². The number of rotatable bonds is 4. The summed E-state index contributed by atoms with van der Waals surface area (Å²) in [6.45, 7) is 0.848. The molecular weight excluding hydrogens is 689 g/mol. The molecule has 0 saturated heterocycles. The van der Waals surface area contributed by atoms with Crippen molar-refractivity contribution in [2.75, 3.05) is 11.9 Å². The molecule has 1 spiro atoms. The van der Waals surface area contributed by atoms with Crippen molar-refractivity contribution >= 4 is 22.0 Å². The standard InChI is InChI=1S/C55H38N2/c1-2-14-41-39(37-28-29-45-44-17-5-9-21-50(44)55(51(45)33-37)48-19-7-3-15-42(48)43-16-4-8-20-49(43)55)31-30-38(40(41)13-1)35-24-26-36(27-25-35)47-34-54(53-23-11-12-32-56-53)57-52-22-10-6-18-46(47)52/h1-31,33-34,54,56-57H,32H2. The number of hydrogen-bond donors (Lipinski definition) is 2. The lowest BCUT2D eigenvalue weighted by Crippen LogP contribution is -2.32. The van der Waals surface area contributed by atoms with Crippen LogP contribution in [0.5, 0.6) is 0 Å². The summed E-state index contributed by atoms with van der Waals surface area (Å²) >= 11 is 0. The van der Waals surface area contributed by atoms with E-state index in [4.69, 9.17) is 0 Å². The summed E-state index contributed by atoms with van der Waals surface area (Å²) in [4.78, 5) is 0. The first-order valence-corrected chi connectivity index (χ1v) is 20.0. The average molecular weight is 727 g/mol. The van der Waals surface area contributed by atoms with Gasteiger partial charge >= 0.3 is 0 Å². The first kappa shape index (κ1) is 32.1. The molecule has 12 rings (SSSR count). The van der Waals surface area contributed by atoms with Gasteiger partial charge in [0.25, 0.3) is 0 Å². The molecule has 2 N–H and O–H groups in total. The van der Waals surface area contributed by atoms with Gasteiger partial charge in [-0.1, -0.05) is 176 Å². The highest BCUT2D eigenvalue weighted by atomic mass is 15.0. The highest BCUT2D eigenvalue weighted by molar-refractivity contribution is 6.06. The highest BCUT2D eigenvalue weighted by Crippen LogP contribution is 2.63. The van der Waals surface area contributed by atoms with Crippen molar-refractivity contribution in [1.29, 1.82) is 0 Å². The van der Waals surface area contributed by atoms with E-state index in [-0.39, 0.29) is 11.5 Å². The van der Waals surface area contributed by atoms with Crippen molar-refractivity contribution in [2.45, 2.75) is 11.5 Å². The normalized spacial score (nSPS) is 16.4.